The molecular weight excluding hydrogens is 350 g/mol. The zero-order valence-electron chi connectivity index (χ0n) is 15.8. The van der Waals surface area contributed by atoms with Gasteiger partial charge in [-0.1, -0.05) is 24.3 Å². The minimum absolute atomic E-state index is 0.0929. The highest BCUT2D eigenvalue weighted by molar-refractivity contribution is 6.06. The Morgan fingerprint density at radius 1 is 0.964 bits per heavy atom. The number of aromatic nitrogens is 2. The van der Waals surface area contributed by atoms with E-state index in [1.54, 1.807) is 24.3 Å². The largest absolute Gasteiger partial charge is 0.491 e. The summed E-state index contributed by atoms with van der Waals surface area (Å²) in [6, 6.07) is 22.6. The number of anilines is 1. The predicted molar refractivity (Wildman–Crippen MR) is 112 cm³/mol. The topological polar surface area (TPSA) is 67.0 Å². The van der Waals surface area contributed by atoms with Crippen molar-refractivity contribution in [2.75, 3.05) is 5.32 Å². The maximum Gasteiger partial charge on any atom is 0.255 e. The molecule has 140 valence electrons. The number of rotatable bonds is 5. The molecule has 4 aromatic rings. The molecule has 0 aliphatic carbocycles. The number of ether oxygens (including phenoxy) is 1. The lowest BCUT2D eigenvalue weighted by molar-refractivity contribution is 0.102. The van der Waals surface area contributed by atoms with E-state index in [0.717, 1.165) is 28.2 Å². The zero-order chi connectivity index (χ0) is 19.5. The van der Waals surface area contributed by atoms with Crippen LogP contribution in [0.5, 0.6) is 5.75 Å². The number of aromatic amines is 1. The van der Waals surface area contributed by atoms with Crippen molar-refractivity contribution in [3.05, 3.63) is 78.4 Å². The first-order chi connectivity index (χ1) is 13.6. The lowest BCUT2D eigenvalue weighted by atomic mass is 10.1. The molecule has 0 bridgehead atoms. The van der Waals surface area contributed by atoms with Crippen molar-refractivity contribution in [2.24, 2.45) is 0 Å². The van der Waals surface area contributed by atoms with Gasteiger partial charge in [-0.25, -0.2) is 4.98 Å². The number of fused-ring (bicyclic) bond motifs is 1. The molecule has 0 atom stereocenters. The Bertz CT molecular complexity index is 1080. The highest BCUT2D eigenvalue weighted by atomic mass is 16.5. The summed E-state index contributed by atoms with van der Waals surface area (Å²) < 4.78 is 5.63. The summed E-state index contributed by atoms with van der Waals surface area (Å²) in [5.41, 5.74) is 3.95. The second-order valence-electron chi connectivity index (χ2n) is 6.79. The highest BCUT2D eigenvalue weighted by Crippen LogP contribution is 2.28. The van der Waals surface area contributed by atoms with Crippen molar-refractivity contribution in [3.63, 3.8) is 0 Å². The lowest BCUT2D eigenvalue weighted by Crippen LogP contribution is -2.13. The van der Waals surface area contributed by atoms with Gasteiger partial charge in [0.1, 0.15) is 11.6 Å². The van der Waals surface area contributed by atoms with E-state index in [-0.39, 0.29) is 12.0 Å². The van der Waals surface area contributed by atoms with Gasteiger partial charge in [0.25, 0.3) is 5.91 Å². The van der Waals surface area contributed by atoms with Gasteiger partial charge in [-0.15, -0.1) is 0 Å². The van der Waals surface area contributed by atoms with Crippen LogP contribution in [0.3, 0.4) is 0 Å². The summed E-state index contributed by atoms with van der Waals surface area (Å²) >= 11 is 0. The monoisotopic (exact) mass is 371 g/mol. The van der Waals surface area contributed by atoms with Gasteiger partial charge in [0, 0.05) is 11.1 Å². The maximum absolute atomic E-state index is 12.7. The van der Waals surface area contributed by atoms with E-state index < -0.39 is 0 Å². The van der Waals surface area contributed by atoms with Gasteiger partial charge in [-0.3, -0.25) is 4.79 Å². The molecule has 0 saturated carbocycles. The zero-order valence-corrected chi connectivity index (χ0v) is 15.8. The molecule has 0 spiro atoms. The van der Waals surface area contributed by atoms with Crippen LogP contribution >= 0.6 is 0 Å². The average Bonchev–Trinajstić information content (AvgIpc) is 3.12. The fraction of sp³-hybridized carbons (Fsp3) is 0.130. The van der Waals surface area contributed by atoms with Gasteiger partial charge in [0.05, 0.1) is 22.8 Å². The molecule has 5 nitrogen and oxygen atoms in total. The molecule has 0 radical (unpaired) electrons. The number of H-pyrrole nitrogens is 1. The summed E-state index contributed by atoms with van der Waals surface area (Å²) in [7, 11) is 0. The third-order valence-corrected chi connectivity index (χ3v) is 4.31. The second kappa shape index (κ2) is 7.56. The summed E-state index contributed by atoms with van der Waals surface area (Å²) in [6.45, 7) is 3.94. The van der Waals surface area contributed by atoms with Crippen molar-refractivity contribution >= 4 is 22.6 Å². The fourth-order valence-electron chi connectivity index (χ4n) is 3.03. The van der Waals surface area contributed by atoms with Crippen LogP contribution in [-0.4, -0.2) is 22.0 Å². The number of hydrogen-bond donors (Lipinski definition) is 2. The first-order valence-electron chi connectivity index (χ1n) is 9.22. The fourth-order valence-corrected chi connectivity index (χ4v) is 3.03. The van der Waals surface area contributed by atoms with Gasteiger partial charge in [0.2, 0.25) is 0 Å². The van der Waals surface area contributed by atoms with Gasteiger partial charge in [0.15, 0.2) is 0 Å². The van der Waals surface area contributed by atoms with Crippen LogP contribution in [0.1, 0.15) is 24.2 Å². The third-order valence-electron chi connectivity index (χ3n) is 4.31. The molecule has 28 heavy (non-hydrogen) atoms. The van der Waals surface area contributed by atoms with E-state index in [9.17, 15) is 4.79 Å². The molecule has 0 aliphatic heterocycles. The van der Waals surface area contributed by atoms with E-state index in [2.05, 4.69) is 15.3 Å². The summed E-state index contributed by atoms with van der Waals surface area (Å²) in [5.74, 6) is 1.28. The molecule has 2 N–H and O–H groups in total. The van der Waals surface area contributed by atoms with E-state index in [0.29, 0.717) is 11.3 Å². The Hall–Kier alpha value is -3.60. The Labute approximate surface area is 163 Å². The van der Waals surface area contributed by atoms with Crippen molar-refractivity contribution in [1.82, 2.24) is 9.97 Å². The number of imidazole rings is 1. The summed E-state index contributed by atoms with van der Waals surface area (Å²) in [6.07, 6.45) is 0.0929. The first kappa shape index (κ1) is 17.8. The van der Waals surface area contributed by atoms with Crippen molar-refractivity contribution < 1.29 is 9.53 Å². The number of carbonyl (C=O) groups is 1. The maximum atomic E-state index is 12.7. The van der Waals surface area contributed by atoms with Crippen molar-refractivity contribution in [2.45, 2.75) is 20.0 Å². The first-order valence-corrected chi connectivity index (χ1v) is 9.22. The minimum Gasteiger partial charge on any atom is -0.491 e. The minimum atomic E-state index is -0.181. The molecule has 0 saturated heterocycles. The van der Waals surface area contributed by atoms with Crippen LogP contribution in [0.25, 0.3) is 22.4 Å². The lowest BCUT2D eigenvalue weighted by Gasteiger charge is -2.11. The van der Waals surface area contributed by atoms with Crippen molar-refractivity contribution in [1.29, 1.82) is 0 Å². The second-order valence-corrected chi connectivity index (χ2v) is 6.79. The summed E-state index contributed by atoms with van der Waals surface area (Å²) in [4.78, 5) is 20.7. The smallest absolute Gasteiger partial charge is 0.255 e. The molecule has 3 aromatic carbocycles. The highest BCUT2D eigenvalue weighted by Gasteiger charge is 2.13. The Balaban J connectivity index is 1.59. The molecule has 1 amide bonds. The van der Waals surface area contributed by atoms with Gasteiger partial charge < -0.3 is 15.0 Å². The molecule has 4 rings (SSSR count). The Kier molecular flexibility index (Phi) is 4.81. The quantitative estimate of drug-likeness (QED) is 0.502. The molecule has 0 unspecified atom stereocenters. The predicted octanol–water partition coefficient (Wildman–Crippen LogP) is 5.27. The van der Waals surface area contributed by atoms with Crippen LogP contribution in [0.4, 0.5) is 5.69 Å². The SMILES string of the molecule is CC(C)Oc1ccc(C(=O)Nc2ccccc2-c2nc3ccccc3[nH]2)cc1. The number of para-hydroxylation sites is 3. The number of nitrogens with one attached hydrogen (secondary N) is 2. The average molecular weight is 371 g/mol. The van der Waals surface area contributed by atoms with Crippen LogP contribution in [0.2, 0.25) is 0 Å². The molecule has 1 heterocycles. The van der Waals surface area contributed by atoms with E-state index >= 15 is 0 Å². The van der Waals surface area contributed by atoms with Crippen LogP contribution in [-0.2, 0) is 0 Å². The Morgan fingerprint density at radius 2 is 1.68 bits per heavy atom. The Morgan fingerprint density at radius 3 is 2.43 bits per heavy atom. The number of amides is 1. The van der Waals surface area contributed by atoms with Gasteiger partial charge >= 0.3 is 0 Å². The third kappa shape index (κ3) is 3.74. The standard InChI is InChI=1S/C23H21N3O2/c1-15(2)28-17-13-11-16(12-14-17)23(27)26-19-8-4-3-7-18(19)22-24-20-9-5-6-10-21(20)25-22/h3-15H,1-2H3,(H,24,25)(H,26,27). The summed E-state index contributed by atoms with van der Waals surface area (Å²) in [5, 5.41) is 2.99. The normalized spacial score (nSPS) is 11.0. The van der Waals surface area contributed by atoms with Gasteiger partial charge in [-0.2, -0.15) is 0 Å². The van der Waals surface area contributed by atoms with Crippen LogP contribution in [0.15, 0.2) is 72.8 Å². The van der Waals surface area contributed by atoms with Gasteiger partial charge in [-0.05, 0) is 62.4 Å². The molecule has 0 aliphatic rings. The molecule has 0 fully saturated rings. The van der Waals surface area contributed by atoms with E-state index in [1.807, 2.05) is 62.4 Å². The van der Waals surface area contributed by atoms with E-state index in [1.165, 1.54) is 0 Å². The van der Waals surface area contributed by atoms with E-state index in [4.69, 9.17) is 4.74 Å². The number of benzene rings is 3. The molecule has 5 heteroatoms. The molecular formula is C23H21N3O2. The van der Waals surface area contributed by atoms with Crippen LogP contribution < -0.4 is 10.1 Å². The molecule has 1 aromatic heterocycles. The van der Waals surface area contributed by atoms with Crippen LogP contribution in [0, 0.1) is 0 Å². The van der Waals surface area contributed by atoms with Crippen molar-refractivity contribution in [3.8, 4) is 17.1 Å². The number of hydrogen-bond acceptors (Lipinski definition) is 3. The number of nitrogens with zero attached hydrogens (tertiary/aromatic N) is 1. The number of carbonyl (C=O) groups excluding carboxylic acids is 1.